The van der Waals surface area contributed by atoms with Crippen LogP contribution in [0.5, 0.6) is 5.75 Å². The van der Waals surface area contributed by atoms with Crippen LogP contribution in [0.2, 0.25) is 0 Å². The number of piperidine rings is 1. The number of nitrogens with one attached hydrogen (secondary N) is 1. The van der Waals surface area contributed by atoms with E-state index in [1.165, 1.54) is 36.4 Å². The third kappa shape index (κ3) is 6.44. The third-order valence-electron chi connectivity index (χ3n) is 5.49. The van der Waals surface area contributed by atoms with Gasteiger partial charge in [-0.15, -0.1) is 13.2 Å². The van der Waals surface area contributed by atoms with Crippen molar-refractivity contribution in [3.05, 3.63) is 54.1 Å². The van der Waals surface area contributed by atoms with Crippen LogP contribution < -0.4 is 15.2 Å². The van der Waals surface area contributed by atoms with Crippen molar-refractivity contribution in [3.8, 4) is 5.75 Å². The number of ether oxygens (including phenoxy) is 1. The Morgan fingerprint density at radius 2 is 1.66 bits per heavy atom. The monoisotopic (exact) mass is 471 g/mol. The molecule has 0 radical (unpaired) electrons. The second kappa shape index (κ2) is 9.47. The van der Waals surface area contributed by atoms with Gasteiger partial charge in [0.1, 0.15) is 5.75 Å². The Morgan fingerprint density at radius 3 is 2.16 bits per heavy atom. The minimum atomic E-state index is -4.72. The molecule has 0 aromatic heterocycles. The summed E-state index contributed by atoms with van der Waals surface area (Å²) in [6.45, 7) is 3.28. The van der Waals surface area contributed by atoms with Crippen LogP contribution in [0.15, 0.2) is 53.4 Å². The molecule has 0 saturated carbocycles. The van der Waals surface area contributed by atoms with Crippen molar-refractivity contribution in [2.24, 2.45) is 11.1 Å². The van der Waals surface area contributed by atoms with Gasteiger partial charge in [-0.25, -0.2) is 13.6 Å². The molecule has 32 heavy (non-hydrogen) atoms. The Kier molecular flexibility index (Phi) is 7.11. The van der Waals surface area contributed by atoms with E-state index >= 15 is 0 Å². The zero-order valence-electron chi connectivity index (χ0n) is 17.3. The first-order valence-corrected chi connectivity index (χ1v) is 11.5. The smallest absolute Gasteiger partial charge is 0.406 e. The van der Waals surface area contributed by atoms with E-state index in [-0.39, 0.29) is 28.5 Å². The molecule has 3 rings (SSSR count). The predicted octanol–water partition coefficient (Wildman–Crippen LogP) is 3.64. The molecule has 3 N–H and O–H groups in total. The highest BCUT2D eigenvalue weighted by Gasteiger charge is 2.31. The van der Waals surface area contributed by atoms with Crippen molar-refractivity contribution < 1.29 is 31.1 Å². The summed E-state index contributed by atoms with van der Waals surface area (Å²) in [5.41, 5.74) is 1.34. The van der Waals surface area contributed by atoms with Gasteiger partial charge in [0.25, 0.3) is 0 Å². The zero-order chi connectivity index (χ0) is 23.5. The van der Waals surface area contributed by atoms with Crippen molar-refractivity contribution in [1.29, 1.82) is 0 Å². The van der Waals surface area contributed by atoms with Crippen molar-refractivity contribution >= 4 is 21.6 Å². The maximum Gasteiger partial charge on any atom is 0.573 e. The number of nitrogens with zero attached hydrogens (tertiary/aromatic N) is 1. The molecule has 174 valence electrons. The first-order valence-electron chi connectivity index (χ1n) is 9.96. The van der Waals surface area contributed by atoms with Crippen LogP contribution in [0.1, 0.15) is 31.4 Å². The number of carbonyl (C=O) groups excluding carboxylic acids is 1. The van der Waals surface area contributed by atoms with E-state index in [9.17, 15) is 26.4 Å². The Bertz CT molecular complexity index is 1030. The van der Waals surface area contributed by atoms with Gasteiger partial charge in [-0.05, 0) is 74.8 Å². The first-order chi connectivity index (χ1) is 14.9. The van der Waals surface area contributed by atoms with Crippen molar-refractivity contribution in [1.82, 2.24) is 4.90 Å². The lowest BCUT2D eigenvalue weighted by atomic mass is 9.93. The topological polar surface area (TPSA) is 102 Å². The predicted molar refractivity (Wildman–Crippen MR) is 112 cm³/mol. The van der Waals surface area contributed by atoms with Gasteiger partial charge in [-0.3, -0.25) is 9.69 Å². The fourth-order valence-electron chi connectivity index (χ4n) is 3.68. The highest BCUT2D eigenvalue weighted by atomic mass is 32.2. The summed E-state index contributed by atoms with van der Waals surface area (Å²) in [5.74, 6) is -0.603. The Balaban J connectivity index is 1.52. The Hall–Kier alpha value is -2.63. The molecule has 2 aromatic carbocycles. The average molecular weight is 472 g/mol. The minimum Gasteiger partial charge on any atom is -0.406 e. The minimum absolute atomic E-state index is 0.0234. The summed E-state index contributed by atoms with van der Waals surface area (Å²) in [6, 6.07) is 11.4. The number of sulfonamides is 1. The summed E-state index contributed by atoms with van der Waals surface area (Å²) in [5, 5.41) is 7.86. The molecule has 1 heterocycles. The molecule has 0 aliphatic carbocycles. The molecule has 1 amide bonds. The van der Waals surface area contributed by atoms with Gasteiger partial charge >= 0.3 is 6.36 Å². The fraction of sp³-hybridized carbons (Fsp3) is 0.381. The van der Waals surface area contributed by atoms with Crippen molar-refractivity contribution in [3.63, 3.8) is 0 Å². The average Bonchev–Trinajstić information content (AvgIpc) is 2.72. The highest BCUT2D eigenvalue weighted by molar-refractivity contribution is 7.89. The quantitative estimate of drug-likeness (QED) is 0.670. The summed E-state index contributed by atoms with van der Waals surface area (Å²) >= 11 is 0. The molecule has 1 saturated heterocycles. The van der Waals surface area contributed by atoms with E-state index in [0.717, 1.165) is 5.56 Å². The molecule has 1 unspecified atom stereocenters. The standard InChI is InChI=1S/C21H24F3N3O4S/c1-14(15-2-6-18(7-3-15)31-21(22,23)24)27-12-10-16(11-13-27)20(28)26-17-4-8-19(9-5-17)32(25,29)30/h2-9,14,16H,10-13H2,1H3,(H,26,28)(H2,25,29,30). The number of likely N-dealkylation sites (tertiary alicyclic amines) is 1. The number of nitrogens with two attached hydrogens (primary N) is 1. The van der Waals surface area contributed by atoms with Gasteiger partial charge in [0, 0.05) is 17.6 Å². The Labute approximate surface area is 184 Å². The van der Waals surface area contributed by atoms with Crippen LogP contribution in [-0.4, -0.2) is 38.7 Å². The lowest BCUT2D eigenvalue weighted by Gasteiger charge is -2.35. The van der Waals surface area contributed by atoms with E-state index in [2.05, 4.69) is 15.0 Å². The molecule has 2 aromatic rings. The molecular weight excluding hydrogens is 447 g/mol. The van der Waals surface area contributed by atoms with Crippen LogP contribution in [-0.2, 0) is 14.8 Å². The number of halogens is 3. The second-order valence-corrected chi connectivity index (χ2v) is 9.22. The van der Waals surface area contributed by atoms with Crippen molar-refractivity contribution in [2.75, 3.05) is 18.4 Å². The van der Waals surface area contributed by atoms with Gasteiger partial charge in [0.05, 0.1) is 4.90 Å². The van der Waals surface area contributed by atoms with Crippen LogP contribution in [0.3, 0.4) is 0 Å². The number of amides is 1. The van der Waals surface area contributed by atoms with Gasteiger partial charge < -0.3 is 10.1 Å². The lowest BCUT2D eigenvalue weighted by Crippen LogP contribution is -2.39. The Morgan fingerprint density at radius 1 is 1.09 bits per heavy atom. The lowest BCUT2D eigenvalue weighted by molar-refractivity contribution is -0.274. The van der Waals surface area contributed by atoms with Crippen LogP contribution >= 0.6 is 0 Å². The van der Waals surface area contributed by atoms with E-state index in [4.69, 9.17) is 5.14 Å². The van der Waals surface area contributed by atoms with Crippen molar-refractivity contribution in [2.45, 2.75) is 37.1 Å². The van der Waals surface area contributed by atoms with Crippen LogP contribution in [0.25, 0.3) is 0 Å². The van der Waals surface area contributed by atoms with E-state index in [0.29, 0.717) is 31.6 Å². The summed E-state index contributed by atoms with van der Waals surface area (Å²) in [6.07, 6.45) is -3.47. The molecule has 1 aliphatic rings. The number of alkyl halides is 3. The SMILES string of the molecule is CC(c1ccc(OC(F)(F)F)cc1)N1CCC(C(=O)Nc2ccc(S(N)(=O)=O)cc2)CC1. The van der Waals surface area contributed by atoms with Gasteiger partial charge in [-0.2, -0.15) is 0 Å². The highest BCUT2D eigenvalue weighted by Crippen LogP contribution is 2.29. The molecular formula is C21H24F3N3O4S. The number of carbonyl (C=O) groups is 1. The van der Waals surface area contributed by atoms with Gasteiger partial charge in [0.2, 0.25) is 15.9 Å². The summed E-state index contributed by atoms with van der Waals surface area (Å²) < 4.78 is 63.4. The van der Waals surface area contributed by atoms with Gasteiger partial charge in [0.15, 0.2) is 0 Å². The summed E-state index contributed by atoms with van der Waals surface area (Å²) in [7, 11) is -3.79. The van der Waals surface area contributed by atoms with Crippen LogP contribution in [0.4, 0.5) is 18.9 Å². The number of primary sulfonamides is 1. The molecule has 7 nitrogen and oxygen atoms in total. The zero-order valence-corrected chi connectivity index (χ0v) is 18.1. The first kappa shape index (κ1) is 24.0. The molecule has 1 atom stereocenters. The maximum atomic E-state index is 12.6. The summed E-state index contributed by atoms with van der Waals surface area (Å²) in [4.78, 5) is 14.7. The third-order valence-corrected chi connectivity index (χ3v) is 6.42. The number of benzene rings is 2. The van der Waals surface area contributed by atoms with E-state index < -0.39 is 16.4 Å². The van der Waals surface area contributed by atoms with Crippen LogP contribution in [0, 0.1) is 5.92 Å². The normalized spacial score (nSPS) is 17.0. The largest absolute Gasteiger partial charge is 0.573 e. The number of rotatable bonds is 6. The number of anilines is 1. The molecule has 11 heteroatoms. The van der Waals surface area contributed by atoms with E-state index in [1.54, 1.807) is 12.1 Å². The fourth-order valence-corrected chi connectivity index (χ4v) is 4.20. The molecule has 1 fully saturated rings. The second-order valence-electron chi connectivity index (χ2n) is 7.66. The molecule has 1 aliphatic heterocycles. The van der Waals surface area contributed by atoms with Gasteiger partial charge in [-0.1, -0.05) is 12.1 Å². The number of hydrogen-bond acceptors (Lipinski definition) is 5. The number of hydrogen-bond donors (Lipinski definition) is 2. The maximum absolute atomic E-state index is 12.6. The molecule has 0 bridgehead atoms. The molecule has 0 spiro atoms. The van der Waals surface area contributed by atoms with E-state index in [1.807, 2.05) is 6.92 Å².